The van der Waals surface area contributed by atoms with Crippen LogP contribution in [0.3, 0.4) is 0 Å². The van der Waals surface area contributed by atoms with Gasteiger partial charge in [0.2, 0.25) is 11.8 Å². The number of carbonyl (C=O) groups excluding carboxylic acids is 1. The number of nitrogens with zero attached hydrogens (tertiary/aromatic N) is 3. The van der Waals surface area contributed by atoms with Gasteiger partial charge in [0, 0.05) is 11.8 Å². The minimum atomic E-state index is -5.15. The molecule has 0 spiro atoms. The largest absolute Gasteiger partial charge is 0.480 e. The number of anilines is 1. The molecular weight excluding hydrogens is 519 g/mol. The summed E-state index contributed by atoms with van der Waals surface area (Å²) in [7, 11) is 1.40. The molecule has 1 aromatic heterocycles. The zero-order valence-corrected chi connectivity index (χ0v) is 19.6. The Balaban J connectivity index is 1.75. The van der Waals surface area contributed by atoms with Crippen molar-refractivity contribution in [3.05, 3.63) is 82.3 Å². The van der Waals surface area contributed by atoms with Crippen molar-refractivity contribution in [3.8, 4) is 17.7 Å². The highest BCUT2D eigenvalue weighted by molar-refractivity contribution is 6.00. The first-order valence-electron chi connectivity index (χ1n) is 11.1. The van der Waals surface area contributed by atoms with Crippen LogP contribution >= 0.6 is 0 Å². The Bertz CT molecular complexity index is 1410. The number of benzene rings is 2. The first-order chi connectivity index (χ1) is 17.9. The lowest BCUT2D eigenvalue weighted by molar-refractivity contribution is -0.143. The average molecular weight is 537 g/mol. The van der Waals surface area contributed by atoms with Gasteiger partial charge in [0.25, 0.3) is 0 Å². The van der Waals surface area contributed by atoms with Crippen molar-refractivity contribution >= 4 is 11.6 Å². The summed E-state index contributed by atoms with van der Waals surface area (Å²) in [5.74, 6) is 2.78. The molecule has 1 unspecified atom stereocenters. The van der Waals surface area contributed by atoms with Gasteiger partial charge in [-0.1, -0.05) is 12.0 Å². The molecule has 5 nitrogen and oxygen atoms in total. The topological polar surface area (TPSA) is 55.3 Å². The molecule has 2 aromatic carbocycles. The van der Waals surface area contributed by atoms with E-state index in [9.17, 15) is 35.5 Å². The summed E-state index contributed by atoms with van der Waals surface area (Å²) in [6.07, 6.45) is -10.3. The molecule has 1 aliphatic rings. The van der Waals surface area contributed by atoms with Gasteiger partial charge in [0.1, 0.15) is 11.5 Å². The molecule has 0 N–H and O–H groups in total. The maximum absolute atomic E-state index is 14.0. The molecule has 0 bridgehead atoms. The zero-order valence-electron chi connectivity index (χ0n) is 19.6. The Morgan fingerprint density at radius 3 is 2.39 bits per heavy atom. The zero-order chi connectivity index (χ0) is 27.7. The summed E-state index contributed by atoms with van der Waals surface area (Å²) in [6, 6.07) is 7.80. The van der Waals surface area contributed by atoms with Crippen molar-refractivity contribution in [3.63, 3.8) is 0 Å². The fourth-order valence-corrected chi connectivity index (χ4v) is 4.19. The predicted molar refractivity (Wildman–Crippen MR) is 122 cm³/mol. The molecule has 0 saturated carbocycles. The van der Waals surface area contributed by atoms with Gasteiger partial charge in [-0.3, -0.25) is 9.69 Å². The number of amides is 1. The number of fused-ring (bicyclic) bond motifs is 1. The van der Waals surface area contributed by atoms with Crippen molar-refractivity contribution in [1.82, 2.24) is 10.2 Å². The number of rotatable bonds is 3. The van der Waals surface area contributed by atoms with Crippen LogP contribution in [0.25, 0.3) is 0 Å². The molecule has 4 rings (SSSR count). The minimum Gasteiger partial charge on any atom is -0.480 e. The second kappa shape index (κ2) is 10.3. The van der Waals surface area contributed by atoms with Crippen LogP contribution in [0.2, 0.25) is 0 Å². The molecule has 12 heteroatoms. The van der Waals surface area contributed by atoms with Crippen molar-refractivity contribution in [2.45, 2.75) is 31.1 Å². The van der Waals surface area contributed by atoms with Crippen LogP contribution in [0.15, 0.2) is 48.5 Å². The number of aryl methyl sites for hydroxylation is 1. The monoisotopic (exact) mass is 537 g/mol. The van der Waals surface area contributed by atoms with Gasteiger partial charge in [0.15, 0.2) is 0 Å². The summed E-state index contributed by atoms with van der Waals surface area (Å²) < 4.78 is 100.0. The maximum atomic E-state index is 14.0. The van der Waals surface area contributed by atoms with E-state index in [-0.39, 0.29) is 42.7 Å². The molecule has 0 aliphatic carbocycles. The second-order valence-corrected chi connectivity index (χ2v) is 8.35. The van der Waals surface area contributed by atoms with E-state index in [4.69, 9.17) is 4.74 Å². The number of aromatic nitrogens is 2. The van der Waals surface area contributed by atoms with E-state index in [1.165, 1.54) is 25.3 Å². The van der Waals surface area contributed by atoms with Crippen LogP contribution in [0.1, 0.15) is 40.3 Å². The Hall–Kier alpha value is -4.14. The van der Waals surface area contributed by atoms with Crippen LogP contribution in [0.4, 0.5) is 36.4 Å². The van der Waals surface area contributed by atoms with Crippen LogP contribution in [0, 0.1) is 17.7 Å². The highest BCUT2D eigenvalue weighted by Crippen LogP contribution is 2.42. The normalized spacial score (nSPS) is 15.8. The van der Waals surface area contributed by atoms with Gasteiger partial charge < -0.3 is 4.74 Å². The third-order valence-electron chi connectivity index (χ3n) is 5.96. The van der Waals surface area contributed by atoms with E-state index >= 15 is 0 Å². The third-order valence-corrected chi connectivity index (χ3v) is 5.96. The highest BCUT2D eigenvalue weighted by atomic mass is 19.4. The lowest BCUT2D eigenvalue weighted by Crippen LogP contribution is -2.35. The van der Waals surface area contributed by atoms with Crippen LogP contribution in [0.5, 0.6) is 5.88 Å². The molecule has 3 aromatic rings. The van der Waals surface area contributed by atoms with Crippen molar-refractivity contribution in [1.29, 1.82) is 0 Å². The van der Waals surface area contributed by atoms with E-state index in [1.54, 1.807) is 0 Å². The van der Waals surface area contributed by atoms with Gasteiger partial charge in [-0.25, -0.2) is 4.39 Å². The number of alkyl halides is 6. The van der Waals surface area contributed by atoms with E-state index in [0.29, 0.717) is 17.7 Å². The Morgan fingerprint density at radius 2 is 1.76 bits per heavy atom. The van der Waals surface area contributed by atoms with E-state index in [1.807, 2.05) is 0 Å². The van der Waals surface area contributed by atoms with Gasteiger partial charge in [-0.05, 0) is 66.3 Å². The first kappa shape index (κ1) is 26.9. The highest BCUT2D eigenvalue weighted by Gasteiger charge is 2.42. The number of carbonyl (C=O) groups is 1. The molecule has 38 heavy (non-hydrogen) atoms. The standard InChI is InChI=1S/C26H18F7N3O2/c1-38-23-11-7-18(34-35-23)3-2-12-36-22-10-6-17(27)13-15(22)4-8-20(24(36)37)19-9-5-16(25(28,29)30)14-21(19)26(31,32)33/h5-7,9-11,13-14,20H,4,8,12H2,1H3. The summed E-state index contributed by atoms with van der Waals surface area (Å²) >= 11 is 0. The molecule has 1 aliphatic heterocycles. The Labute approximate surface area is 212 Å². The lowest BCUT2D eigenvalue weighted by atomic mass is 9.88. The Morgan fingerprint density at radius 1 is 1.00 bits per heavy atom. The van der Waals surface area contributed by atoms with E-state index < -0.39 is 46.7 Å². The summed E-state index contributed by atoms with van der Waals surface area (Å²) in [5.41, 5.74) is -2.80. The Kier molecular flexibility index (Phi) is 7.31. The fraction of sp³-hybridized carbons (Fsp3) is 0.269. The lowest BCUT2D eigenvalue weighted by Gasteiger charge is -2.26. The van der Waals surface area contributed by atoms with E-state index in [2.05, 4.69) is 22.0 Å². The van der Waals surface area contributed by atoms with Crippen LogP contribution in [-0.4, -0.2) is 29.8 Å². The summed E-state index contributed by atoms with van der Waals surface area (Å²) in [5, 5.41) is 7.60. The number of ether oxygens (including phenoxy) is 1. The predicted octanol–water partition coefficient (Wildman–Crippen LogP) is 5.78. The van der Waals surface area contributed by atoms with Crippen molar-refractivity contribution in [2.24, 2.45) is 0 Å². The SMILES string of the molecule is COc1ccc(C#CCN2C(=O)C(c3ccc(C(F)(F)F)cc3C(F)(F)F)CCc3cc(F)ccc32)nn1. The molecule has 0 radical (unpaired) electrons. The third kappa shape index (κ3) is 5.72. The number of hydrogen-bond donors (Lipinski definition) is 0. The van der Waals surface area contributed by atoms with Gasteiger partial charge >= 0.3 is 12.4 Å². The minimum absolute atomic E-state index is 0.00675. The average Bonchev–Trinajstić information content (AvgIpc) is 2.99. The molecule has 0 fully saturated rings. The number of methoxy groups -OCH3 is 1. The first-order valence-corrected chi connectivity index (χ1v) is 11.1. The van der Waals surface area contributed by atoms with Crippen LogP contribution in [-0.2, 0) is 23.6 Å². The molecule has 2 heterocycles. The molecule has 1 amide bonds. The van der Waals surface area contributed by atoms with Gasteiger partial charge in [-0.2, -0.15) is 26.3 Å². The van der Waals surface area contributed by atoms with Crippen molar-refractivity contribution in [2.75, 3.05) is 18.6 Å². The number of halogens is 7. The molecular formula is C26H18F7N3O2. The van der Waals surface area contributed by atoms with Crippen molar-refractivity contribution < 1.29 is 40.3 Å². The van der Waals surface area contributed by atoms with Gasteiger partial charge in [0.05, 0.1) is 30.7 Å². The molecule has 198 valence electrons. The fourth-order valence-electron chi connectivity index (χ4n) is 4.19. The van der Waals surface area contributed by atoms with Crippen LogP contribution < -0.4 is 9.64 Å². The molecule has 0 saturated heterocycles. The quantitative estimate of drug-likeness (QED) is 0.314. The van der Waals surface area contributed by atoms with Gasteiger partial charge in [-0.15, -0.1) is 10.2 Å². The number of hydrogen-bond acceptors (Lipinski definition) is 4. The summed E-state index contributed by atoms with van der Waals surface area (Å²) in [6.45, 7) is -0.302. The second-order valence-electron chi connectivity index (χ2n) is 8.35. The molecule has 1 atom stereocenters. The smallest absolute Gasteiger partial charge is 0.416 e. The maximum Gasteiger partial charge on any atom is 0.416 e. The summed E-state index contributed by atoms with van der Waals surface area (Å²) in [4.78, 5) is 14.7. The van der Waals surface area contributed by atoms with E-state index in [0.717, 1.165) is 17.0 Å².